The zero-order chi connectivity index (χ0) is 12.8. The Morgan fingerprint density at radius 2 is 2.39 bits per heavy atom. The van der Waals surface area contributed by atoms with Crippen LogP contribution in [0.4, 0.5) is 5.69 Å². The van der Waals surface area contributed by atoms with Crippen LogP contribution in [0, 0.1) is 0 Å². The second-order valence-electron chi connectivity index (χ2n) is 3.53. The SMILES string of the molecule is Nc1cccc(OCCNC(=O)c2cn[nH]n2)c1. The van der Waals surface area contributed by atoms with Crippen LogP contribution in [0.3, 0.4) is 0 Å². The summed E-state index contributed by atoms with van der Waals surface area (Å²) in [6, 6.07) is 7.10. The maximum Gasteiger partial charge on any atom is 0.273 e. The number of benzene rings is 1. The van der Waals surface area contributed by atoms with E-state index >= 15 is 0 Å². The van der Waals surface area contributed by atoms with Crippen LogP contribution >= 0.6 is 0 Å². The van der Waals surface area contributed by atoms with Crippen LogP contribution in [-0.4, -0.2) is 34.5 Å². The fraction of sp³-hybridized carbons (Fsp3) is 0.182. The molecule has 2 aromatic rings. The molecule has 7 nitrogen and oxygen atoms in total. The largest absolute Gasteiger partial charge is 0.492 e. The van der Waals surface area contributed by atoms with Crippen molar-refractivity contribution in [3.8, 4) is 5.75 Å². The van der Waals surface area contributed by atoms with Crippen molar-refractivity contribution in [1.29, 1.82) is 0 Å². The van der Waals surface area contributed by atoms with Gasteiger partial charge in [0.05, 0.1) is 12.7 Å². The van der Waals surface area contributed by atoms with Crippen LogP contribution in [0.5, 0.6) is 5.75 Å². The van der Waals surface area contributed by atoms with E-state index in [1.54, 1.807) is 24.3 Å². The minimum absolute atomic E-state index is 0.249. The molecule has 0 atom stereocenters. The van der Waals surface area contributed by atoms with E-state index in [0.717, 1.165) is 0 Å². The molecule has 1 amide bonds. The first-order valence-electron chi connectivity index (χ1n) is 5.38. The standard InChI is InChI=1S/C11H13N5O2/c12-8-2-1-3-9(6-8)18-5-4-13-11(17)10-7-14-16-15-10/h1-3,6-7H,4-5,12H2,(H,13,17)(H,14,15,16). The number of amides is 1. The molecule has 0 saturated heterocycles. The second kappa shape index (κ2) is 5.67. The highest BCUT2D eigenvalue weighted by Gasteiger charge is 2.06. The van der Waals surface area contributed by atoms with Crippen LogP contribution in [0.1, 0.15) is 10.5 Å². The summed E-state index contributed by atoms with van der Waals surface area (Å²) >= 11 is 0. The van der Waals surface area contributed by atoms with Gasteiger partial charge in [-0.3, -0.25) is 4.79 Å². The van der Waals surface area contributed by atoms with E-state index in [1.165, 1.54) is 6.20 Å². The van der Waals surface area contributed by atoms with Crippen LogP contribution in [0.2, 0.25) is 0 Å². The molecule has 0 spiro atoms. The van der Waals surface area contributed by atoms with Crippen molar-refractivity contribution in [2.24, 2.45) is 0 Å². The Balaban J connectivity index is 1.72. The van der Waals surface area contributed by atoms with E-state index in [1.807, 2.05) is 0 Å². The summed E-state index contributed by atoms with van der Waals surface area (Å²) < 4.78 is 5.42. The second-order valence-corrected chi connectivity index (χ2v) is 3.53. The average molecular weight is 247 g/mol. The number of hydrogen-bond donors (Lipinski definition) is 3. The first-order valence-corrected chi connectivity index (χ1v) is 5.38. The Labute approximate surface area is 103 Å². The summed E-state index contributed by atoms with van der Waals surface area (Å²) in [5, 5.41) is 12.2. The summed E-state index contributed by atoms with van der Waals surface area (Å²) in [5.41, 5.74) is 6.49. The van der Waals surface area contributed by atoms with Gasteiger partial charge in [-0.25, -0.2) is 0 Å². The molecule has 0 saturated carbocycles. The maximum absolute atomic E-state index is 11.5. The summed E-state index contributed by atoms with van der Waals surface area (Å²) in [6.45, 7) is 0.730. The predicted octanol–water partition coefficient (Wildman–Crippen LogP) is 0.196. The number of hydrogen-bond acceptors (Lipinski definition) is 5. The molecule has 1 heterocycles. The van der Waals surface area contributed by atoms with Gasteiger partial charge in [-0.15, -0.1) is 0 Å². The zero-order valence-electron chi connectivity index (χ0n) is 9.59. The Hall–Kier alpha value is -2.57. The van der Waals surface area contributed by atoms with Gasteiger partial charge in [0, 0.05) is 11.8 Å². The van der Waals surface area contributed by atoms with Gasteiger partial charge in [-0.1, -0.05) is 6.07 Å². The first-order chi connectivity index (χ1) is 8.75. The number of carbonyl (C=O) groups is 1. The highest BCUT2D eigenvalue weighted by atomic mass is 16.5. The number of aromatic nitrogens is 3. The molecule has 4 N–H and O–H groups in total. The number of ether oxygens (including phenoxy) is 1. The van der Waals surface area contributed by atoms with Crippen LogP contribution in [0.15, 0.2) is 30.5 Å². The highest BCUT2D eigenvalue weighted by molar-refractivity contribution is 5.91. The smallest absolute Gasteiger partial charge is 0.273 e. The van der Waals surface area contributed by atoms with Crippen molar-refractivity contribution in [3.63, 3.8) is 0 Å². The molecular weight excluding hydrogens is 234 g/mol. The van der Waals surface area contributed by atoms with Crippen LogP contribution < -0.4 is 15.8 Å². The minimum atomic E-state index is -0.292. The lowest BCUT2D eigenvalue weighted by Gasteiger charge is -2.07. The van der Waals surface area contributed by atoms with Crippen molar-refractivity contribution in [2.45, 2.75) is 0 Å². The highest BCUT2D eigenvalue weighted by Crippen LogP contribution is 2.13. The molecule has 0 bridgehead atoms. The first kappa shape index (κ1) is 11.9. The van der Waals surface area contributed by atoms with Gasteiger partial charge in [0.25, 0.3) is 5.91 Å². The normalized spacial score (nSPS) is 10.0. The molecular formula is C11H13N5O2. The summed E-state index contributed by atoms with van der Waals surface area (Å²) in [7, 11) is 0. The van der Waals surface area contributed by atoms with Crippen LogP contribution in [0.25, 0.3) is 0 Å². The third kappa shape index (κ3) is 3.21. The molecule has 7 heteroatoms. The molecule has 0 aliphatic heterocycles. The van der Waals surface area contributed by atoms with Crippen molar-refractivity contribution in [2.75, 3.05) is 18.9 Å². The van der Waals surface area contributed by atoms with E-state index in [-0.39, 0.29) is 11.6 Å². The Morgan fingerprint density at radius 3 is 3.11 bits per heavy atom. The molecule has 0 unspecified atom stereocenters. The molecule has 18 heavy (non-hydrogen) atoms. The van der Waals surface area contributed by atoms with E-state index in [0.29, 0.717) is 24.6 Å². The summed E-state index contributed by atoms with van der Waals surface area (Å²) in [5.74, 6) is 0.380. The number of nitrogens with one attached hydrogen (secondary N) is 2. The lowest BCUT2D eigenvalue weighted by atomic mass is 10.3. The van der Waals surface area contributed by atoms with Gasteiger partial charge < -0.3 is 15.8 Å². The molecule has 2 rings (SSSR count). The van der Waals surface area contributed by atoms with Gasteiger partial charge in [-0.05, 0) is 12.1 Å². The minimum Gasteiger partial charge on any atom is -0.492 e. The lowest BCUT2D eigenvalue weighted by molar-refractivity contribution is 0.0942. The Morgan fingerprint density at radius 1 is 1.50 bits per heavy atom. The van der Waals surface area contributed by atoms with E-state index < -0.39 is 0 Å². The lowest BCUT2D eigenvalue weighted by Crippen LogP contribution is -2.28. The van der Waals surface area contributed by atoms with Gasteiger partial charge >= 0.3 is 0 Å². The van der Waals surface area contributed by atoms with Gasteiger partial charge in [0.15, 0.2) is 5.69 Å². The van der Waals surface area contributed by atoms with Crippen molar-refractivity contribution in [3.05, 3.63) is 36.2 Å². The quantitative estimate of drug-likeness (QED) is 0.517. The zero-order valence-corrected chi connectivity index (χ0v) is 9.59. The number of nitrogen functional groups attached to an aromatic ring is 1. The molecule has 1 aromatic carbocycles. The monoisotopic (exact) mass is 247 g/mol. The number of carbonyl (C=O) groups excluding carboxylic acids is 1. The van der Waals surface area contributed by atoms with Gasteiger partial charge in [0.2, 0.25) is 0 Å². The number of rotatable bonds is 5. The van der Waals surface area contributed by atoms with Gasteiger partial charge in [0.1, 0.15) is 12.4 Å². The van der Waals surface area contributed by atoms with Crippen molar-refractivity contribution < 1.29 is 9.53 Å². The summed E-state index contributed by atoms with van der Waals surface area (Å²) in [6.07, 6.45) is 1.36. The molecule has 0 aliphatic rings. The molecule has 1 aromatic heterocycles. The Bertz CT molecular complexity index is 512. The number of aromatic amines is 1. The number of nitrogens with zero attached hydrogens (tertiary/aromatic N) is 2. The number of nitrogens with two attached hydrogens (primary N) is 1. The van der Waals surface area contributed by atoms with Gasteiger partial charge in [-0.2, -0.15) is 15.4 Å². The fourth-order valence-corrected chi connectivity index (χ4v) is 1.34. The fourth-order valence-electron chi connectivity index (χ4n) is 1.34. The predicted molar refractivity (Wildman–Crippen MR) is 65.1 cm³/mol. The average Bonchev–Trinajstić information content (AvgIpc) is 2.88. The summed E-state index contributed by atoms with van der Waals surface area (Å²) in [4.78, 5) is 11.5. The van der Waals surface area contributed by atoms with Crippen molar-refractivity contribution in [1.82, 2.24) is 20.7 Å². The van der Waals surface area contributed by atoms with E-state index in [9.17, 15) is 4.79 Å². The molecule has 94 valence electrons. The Kier molecular flexibility index (Phi) is 3.75. The number of anilines is 1. The van der Waals surface area contributed by atoms with Crippen molar-refractivity contribution >= 4 is 11.6 Å². The number of H-pyrrole nitrogens is 1. The third-order valence-electron chi connectivity index (χ3n) is 2.16. The molecule has 0 radical (unpaired) electrons. The molecule has 0 fully saturated rings. The molecule has 0 aliphatic carbocycles. The topological polar surface area (TPSA) is 106 Å². The maximum atomic E-state index is 11.5. The van der Waals surface area contributed by atoms with Crippen LogP contribution in [-0.2, 0) is 0 Å². The third-order valence-corrected chi connectivity index (χ3v) is 2.16. The van der Waals surface area contributed by atoms with E-state index in [4.69, 9.17) is 10.5 Å². The van der Waals surface area contributed by atoms with E-state index in [2.05, 4.69) is 20.7 Å².